The number of hydrogen-bond donors (Lipinski definition) is 0. The van der Waals surface area contributed by atoms with E-state index in [9.17, 15) is 9.35 Å². The van der Waals surface area contributed by atoms with Crippen LogP contribution in [-0.4, -0.2) is 19.9 Å². The molecule has 0 saturated heterocycles. The molecule has 0 saturated carbocycles. The number of pyridine rings is 1. The van der Waals surface area contributed by atoms with Gasteiger partial charge < -0.3 is 4.55 Å². The number of rotatable bonds is 3. The Hall–Kier alpha value is -1.89. The second-order valence-corrected chi connectivity index (χ2v) is 9.62. The van der Waals surface area contributed by atoms with Gasteiger partial charge >= 0.3 is 0 Å². The van der Waals surface area contributed by atoms with Crippen molar-refractivity contribution in [1.82, 2.24) is 4.40 Å². The number of hydrogen-bond acceptors (Lipinski definition) is 4. The molecule has 1 aromatic carbocycles. The number of nitrogens with zero attached hydrogens (tertiary/aromatic N) is 2. The zero-order valence-electron chi connectivity index (χ0n) is 14.6. The van der Waals surface area contributed by atoms with Crippen LogP contribution in [0.3, 0.4) is 0 Å². The summed E-state index contributed by atoms with van der Waals surface area (Å²) in [5.41, 5.74) is 2.93. The minimum Gasteiger partial charge on any atom is -0.591 e. The first-order valence-corrected chi connectivity index (χ1v) is 9.93. The van der Waals surface area contributed by atoms with E-state index >= 15 is 0 Å². The van der Waals surface area contributed by atoms with Crippen molar-refractivity contribution in [3.05, 3.63) is 63.4 Å². The highest BCUT2D eigenvalue weighted by Crippen LogP contribution is 2.24. The Morgan fingerprint density at radius 3 is 2.56 bits per heavy atom. The summed E-state index contributed by atoms with van der Waals surface area (Å²) in [5, 5.41) is 1.96. The highest BCUT2D eigenvalue weighted by Gasteiger charge is 2.26. The van der Waals surface area contributed by atoms with Crippen molar-refractivity contribution in [3.63, 3.8) is 0 Å². The largest absolute Gasteiger partial charge is 0.591 e. The van der Waals surface area contributed by atoms with Crippen molar-refractivity contribution in [2.24, 2.45) is 4.40 Å². The van der Waals surface area contributed by atoms with Crippen LogP contribution in [0.4, 0.5) is 0 Å². The fourth-order valence-corrected chi connectivity index (χ4v) is 3.93. The molecule has 3 rings (SSSR count). The maximum absolute atomic E-state index is 13.1. The Bertz CT molecular complexity index is 982. The third-order valence-corrected chi connectivity index (χ3v) is 6.13. The molecule has 0 aliphatic rings. The Balaban J connectivity index is 2.23. The van der Waals surface area contributed by atoms with Crippen LogP contribution in [-0.2, 0) is 11.4 Å². The first-order chi connectivity index (χ1) is 11.8. The van der Waals surface area contributed by atoms with Gasteiger partial charge in [0, 0.05) is 16.6 Å². The standard InChI is InChI=1S/C19H20N2O2S2/c1-13-12-24-16-10-15(11-20-25(23)19(2,3)4)17(18(22)21(13)16)14-8-6-5-7-9-14/h5-12H,1-4H3/b20-11+. The molecule has 130 valence electrons. The second kappa shape index (κ2) is 6.78. The van der Waals surface area contributed by atoms with Crippen molar-refractivity contribution >= 4 is 33.7 Å². The van der Waals surface area contributed by atoms with Gasteiger partial charge in [0.25, 0.3) is 5.56 Å². The number of aromatic nitrogens is 1. The number of thiazole rings is 1. The Labute approximate surface area is 154 Å². The summed E-state index contributed by atoms with van der Waals surface area (Å²) in [6.07, 6.45) is 1.57. The number of aryl methyl sites for hydroxylation is 1. The quantitative estimate of drug-likeness (QED) is 0.511. The molecule has 25 heavy (non-hydrogen) atoms. The van der Waals surface area contributed by atoms with E-state index in [1.165, 1.54) is 11.3 Å². The van der Waals surface area contributed by atoms with Crippen LogP contribution in [0.5, 0.6) is 0 Å². The van der Waals surface area contributed by atoms with Crippen molar-refractivity contribution in [2.75, 3.05) is 0 Å². The van der Waals surface area contributed by atoms with Crippen LogP contribution in [0.2, 0.25) is 0 Å². The lowest BCUT2D eigenvalue weighted by Gasteiger charge is -2.18. The van der Waals surface area contributed by atoms with E-state index in [1.807, 2.05) is 69.5 Å². The summed E-state index contributed by atoms with van der Waals surface area (Å²) in [6.45, 7) is 7.54. The Morgan fingerprint density at radius 2 is 1.92 bits per heavy atom. The van der Waals surface area contributed by atoms with Crippen LogP contribution in [0.25, 0.3) is 16.0 Å². The van der Waals surface area contributed by atoms with Gasteiger partial charge in [-0.25, -0.2) is 0 Å². The van der Waals surface area contributed by atoms with Crippen molar-refractivity contribution in [1.29, 1.82) is 0 Å². The lowest BCUT2D eigenvalue weighted by molar-refractivity contribution is 0.562. The molecule has 2 heterocycles. The molecule has 1 atom stereocenters. The van der Waals surface area contributed by atoms with Crippen LogP contribution in [0.1, 0.15) is 32.0 Å². The molecule has 0 fully saturated rings. The SMILES string of the molecule is Cc1csc2cc(/C=N/[S+]([O-])C(C)(C)C)c(-c3ccccc3)c(=O)n12. The molecule has 0 radical (unpaired) electrons. The predicted octanol–water partition coefficient (Wildman–Crippen LogP) is 4.22. The summed E-state index contributed by atoms with van der Waals surface area (Å²) in [4.78, 5) is 14.0. The molecule has 0 bridgehead atoms. The zero-order chi connectivity index (χ0) is 18.2. The third-order valence-electron chi connectivity index (χ3n) is 3.78. The summed E-state index contributed by atoms with van der Waals surface area (Å²) in [5.74, 6) is 0. The van der Waals surface area contributed by atoms with Crippen LogP contribution >= 0.6 is 11.3 Å². The molecule has 0 aliphatic carbocycles. The molecule has 3 aromatic rings. The highest BCUT2D eigenvalue weighted by atomic mass is 32.2. The Morgan fingerprint density at radius 1 is 1.24 bits per heavy atom. The summed E-state index contributed by atoms with van der Waals surface area (Å²) in [6, 6.07) is 11.5. The van der Waals surface area contributed by atoms with Gasteiger partial charge in [-0.1, -0.05) is 34.7 Å². The topological polar surface area (TPSA) is 56.9 Å². The fraction of sp³-hybridized carbons (Fsp3) is 0.263. The lowest BCUT2D eigenvalue weighted by atomic mass is 10.0. The molecule has 1 unspecified atom stereocenters. The fourth-order valence-electron chi connectivity index (χ4n) is 2.48. The smallest absolute Gasteiger partial charge is 0.264 e. The average Bonchev–Trinajstić information content (AvgIpc) is 2.94. The second-order valence-electron chi connectivity index (χ2n) is 6.79. The van der Waals surface area contributed by atoms with Gasteiger partial charge in [0.1, 0.15) is 20.9 Å². The van der Waals surface area contributed by atoms with Gasteiger partial charge in [-0.05, 0) is 39.3 Å². The molecule has 0 spiro atoms. The molecule has 4 nitrogen and oxygen atoms in total. The van der Waals surface area contributed by atoms with E-state index in [-0.39, 0.29) is 5.56 Å². The van der Waals surface area contributed by atoms with E-state index in [2.05, 4.69) is 4.40 Å². The molecule has 0 amide bonds. The average molecular weight is 373 g/mol. The third kappa shape index (κ3) is 3.56. The Kier molecular flexibility index (Phi) is 4.86. The van der Waals surface area contributed by atoms with Gasteiger partial charge in [-0.2, -0.15) is 0 Å². The molecule has 0 N–H and O–H groups in total. The predicted molar refractivity (Wildman–Crippen MR) is 107 cm³/mol. The van der Waals surface area contributed by atoms with E-state index in [1.54, 1.807) is 10.6 Å². The number of benzene rings is 1. The van der Waals surface area contributed by atoms with Gasteiger partial charge in [0.2, 0.25) is 0 Å². The van der Waals surface area contributed by atoms with E-state index in [0.717, 1.165) is 16.1 Å². The maximum Gasteiger partial charge on any atom is 0.264 e. The molecule has 2 aromatic heterocycles. The zero-order valence-corrected chi connectivity index (χ0v) is 16.3. The molecule has 6 heteroatoms. The highest BCUT2D eigenvalue weighted by molar-refractivity contribution is 7.91. The maximum atomic E-state index is 13.1. The van der Waals surface area contributed by atoms with Crippen molar-refractivity contribution in [3.8, 4) is 11.1 Å². The first kappa shape index (κ1) is 17.9. The van der Waals surface area contributed by atoms with E-state index < -0.39 is 16.1 Å². The molecule has 0 aliphatic heterocycles. The van der Waals surface area contributed by atoms with Crippen LogP contribution in [0.15, 0.2) is 51.0 Å². The molecular weight excluding hydrogens is 352 g/mol. The minimum atomic E-state index is -1.37. The minimum absolute atomic E-state index is 0.0783. The first-order valence-electron chi connectivity index (χ1n) is 7.94. The monoisotopic (exact) mass is 372 g/mol. The van der Waals surface area contributed by atoms with Crippen LogP contribution in [0, 0.1) is 6.92 Å². The summed E-state index contributed by atoms with van der Waals surface area (Å²) in [7, 11) is 0. The molecular formula is C19H20N2O2S2. The normalized spacial score (nSPS) is 13.6. The van der Waals surface area contributed by atoms with Gasteiger partial charge in [0.05, 0.1) is 11.8 Å². The summed E-state index contributed by atoms with van der Waals surface area (Å²) < 4.78 is 17.8. The number of fused-ring (bicyclic) bond motifs is 1. The van der Waals surface area contributed by atoms with Gasteiger partial charge in [-0.3, -0.25) is 9.20 Å². The van der Waals surface area contributed by atoms with Crippen molar-refractivity contribution < 1.29 is 4.55 Å². The van der Waals surface area contributed by atoms with Crippen LogP contribution < -0.4 is 5.56 Å². The van der Waals surface area contributed by atoms with Gasteiger partial charge in [-0.15, -0.1) is 11.3 Å². The summed E-state index contributed by atoms with van der Waals surface area (Å²) >= 11 is 0.138. The van der Waals surface area contributed by atoms with Crippen molar-refractivity contribution in [2.45, 2.75) is 32.4 Å². The van der Waals surface area contributed by atoms with E-state index in [4.69, 9.17) is 0 Å². The van der Waals surface area contributed by atoms with E-state index in [0.29, 0.717) is 11.1 Å². The lowest BCUT2D eigenvalue weighted by Crippen LogP contribution is -2.26. The van der Waals surface area contributed by atoms with Gasteiger partial charge in [0.15, 0.2) is 0 Å².